The molecular weight excluding hydrogens is 985 g/mol. The lowest BCUT2D eigenvalue weighted by atomic mass is 10.0. The minimum Gasteiger partial charge on any atom is -0.462 e. The van der Waals surface area contributed by atoms with Crippen molar-refractivity contribution in [2.75, 3.05) is 13.2 Å². The van der Waals surface area contributed by atoms with Gasteiger partial charge in [-0.15, -0.1) is 0 Å². The standard InChI is InChI=1S/C74H140O6/c1-4-7-10-13-16-19-21-23-25-27-29-30-31-32-33-34-35-36-37-38-39-40-41-42-43-45-46-48-50-52-55-58-61-64-67-73(76)79-70-71(69-78-72(75)66-63-60-57-54-18-15-12-9-6-3)80-74(77)68-65-62-59-56-53-51-49-47-44-28-26-24-22-20-17-14-11-8-5-2/h17,20,24,26,71H,4-16,18-19,21-23,25,27-70H2,1-3H3/b20-17-,26-24-. The van der Waals surface area contributed by atoms with Crippen LogP contribution in [0.1, 0.15) is 412 Å². The molecule has 0 fully saturated rings. The van der Waals surface area contributed by atoms with Crippen LogP contribution < -0.4 is 0 Å². The van der Waals surface area contributed by atoms with Crippen LogP contribution in [0.15, 0.2) is 24.3 Å². The summed E-state index contributed by atoms with van der Waals surface area (Å²) in [5.41, 5.74) is 0. The first-order valence-electron chi connectivity index (χ1n) is 36.3. The Morgan fingerprint density at radius 1 is 0.250 bits per heavy atom. The van der Waals surface area contributed by atoms with Gasteiger partial charge < -0.3 is 14.2 Å². The van der Waals surface area contributed by atoms with Crippen molar-refractivity contribution >= 4 is 17.9 Å². The van der Waals surface area contributed by atoms with Crippen LogP contribution in [0.4, 0.5) is 0 Å². The molecule has 0 amide bonds. The second-order valence-corrected chi connectivity index (χ2v) is 24.9. The average molecular weight is 1130 g/mol. The van der Waals surface area contributed by atoms with Gasteiger partial charge in [-0.25, -0.2) is 0 Å². The van der Waals surface area contributed by atoms with Crippen molar-refractivity contribution in [1.82, 2.24) is 0 Å². The zero-order valence-electron chi connectivity index (χ0n) is 54.4. The van der Waals surface area contributed by atoms with Crippen LogP contribution in [-0.2, 0) is 28.6 Å². The number of esters is 3. The fourth-order valence-corrected chi connectivity index (χ4v) is 11.2. The molecule has 472 valence electrons. The first-order chi connectivity index (χ1) is 39.5. The number of carbonyl (C=O) groups excluding carboxylic acids is 3. The first kappa shape index (κ1) is 77.9. The van der Waals surface area contributed by atoms with Crippen LogP contribution in [0, 0.1) is 0 Å². The monoisotopic (exact) mass is 1130 g/mol. The molecule has 0 saturated carbocycles. The molecule has 0 bridgehead atoms. The van der Waals surface area contributed by atoms with E-state index in [9.17, 15) is 14.4 Å². The Hall–Kier alpha value is -2.11. The second kappa shape index (κ2) is 69.4. The van der Waals surface area contributed by atoms with Crippen LogP contribution in [0.25, 0.3) is 0 Å². The van der Waals surface area contributed by atoms with E-state index in [1.165, 1.54) is 308 Å². The zero-order chi connectivity index (χ0) is 57.8. The average Bonchev–Trinajstić information content (AvgIpc) is 3.46. The number of rotatable bonds is 68. The quantitative estimate of drug-likeness (QED) is 0.0261. The van der Waals surface area contributed by atoms with Crippen molar-refractivity contribution in [3.05, 3.63) is 24.3 Å². The maximum atomic E-state index is 12.9. The number of hydrogen-bond donors (Lipinski definition) is 0. The molecule has 0 aromatic rings. The minimum atomic E-state index is -0.769. The van der Waals surface area contributed by atoms with Crippen molar-refractivity contribution < 1.29 is 28.6 Å². The Morgan fingerprint density at radius 3 is 0.713 bits per heavy atom. The lowest BCUT2D eigenvalue weighted by Crippen LogP contribution is -2.30. The molecule has 0 aromatic heterocycles. The summed E-state index contributed by atoms with van der Waals surface area (Å²) < 4.78 is 16.9. The molecule has 0 heterocycles. The highest BCUT2D eigenvalue weighted by molar-refractivity contribution is 5.71. The lowest BCUT2D eigenvalue weighted by molar-refractivity contribution is -0.167. The molecule has 80 heavy (non-hydrogen) atoms. The first-order valence-corrected chi connectivity index (χ1v) is 36.3. The topological polar surface area (TPSA) is 78.9 Å². The highest BCUT2D eigenvalue weighted by Gasteiger charge is 2.19. The van der Waals surface area contributed by atoms with E-state index >= 15 is 0 Å². The normalized spacial score (nSPS) is 12.1. The Bertz CT molecular complexity index is 1290. The van der Waals surface area contributed by atoms with Gasteiger partial charge in [-0.05, 0) is 51.4 Å². The molecule has 1 unspecified atom stereocenters. The summed E-state index contributed by atoms with van der Waals surface area (Å²) in [4.78, 5) is 38.3. The molecular formula is C74H140O6. The minimum absolute atomic E-state index is 0.0671. The fraction of sp³-hybridized carbons (Fsp3) is 0.905. The van der Waals surface area contributed by atoms with E-state index < -0.39 is 6.10 Å². The molecule has 0 aromatic carbocycles. The summed E-state index contributed by atoms with van der Waals surface area (Å²) in [5.74, 6) is -0.846. The van der Waals surface area contributed by atoms with Gasteiger partial charge in [0.15, 0.2) is 6.10 Å². The molecule has 0 saturated heterocycles. The van der Waals surface area contributed by atoms with Gasteiger partial charge in [0.05, 0.1) is 0 Å². The van der Waals surface area contributed by atoms with Crippen LogP contribution in [0.2, 0.25) is 0 Å². The molecule has 0 rings (SSSR count). The predicted molar refractivity (Wildman–Crippen MR) is 349 cm³/mol. The number of ether oxygens (including phenoxy) is 3. The molecule has 1 atom stereocenters. The molecule has 0 aliphatic heterocycles. The Balaban J connectivity index is 3.99. The van der Waals surface area contributed by atoms with Gasteiger partial charge >= 0.3 is 17.9 Å². The highest BCUT2D eigenvalue weighted by atomic mass is 16.6. The van der Waals surface area contributed by atoms with Gasteiger partial charge in [-0.3, -0.25) is 14.4 Å². The van der Waals surface area contributed by atoms with E-state index in [1.807, 2.05) is 0 Å². The molecule has 0 radical (unpaired) electrons. The van der Waals surface area contributed by atoms with Crippen molar-refractivity contribution in [2.45, 2.75) is 419 Å². The summed E-state index contributed by atoms with van der Waals surface area (Å²) in [6.07, 6.45) is 85.3. The Labute approximate surface area is 500 Å². The molecule has 0 aliphatic rings. The van der Waals surface area contributed by atoms with E-state index in [0.29, 0.717) is 19.3 Å². The maximum Gasteiger partial charge on any atom is 0.306 e. The van der Waals surface area contributed by atoms with Crippen LogP contribution in [0.5, 0.6) is 0 Å². The third-order valence-electron chi connectivity index (χ3n) is 16.7. The van der Waals surface area contributed by atoms with E-state index in [0.717, 1.165) is 64.2 Å². The molecule has 6 heteroatoms. The summed E-state index contributed by atoms with van der Waals surface area (Å²) in [7, 11) is 0. The summed E-state index contributed by atoms with van der Waals surface area (Å²) >= 11 is 0. The Kier molecular flexibility index (Phi) is 67.6. The SMILES string of the molecule is CCCCC/C=C\C/C=C\CCCCCCCCCCCC(=O)OC(COC(=O)CCCCCCCCCCC)COC(=O)CCCCCCCCCCCCCCCCCCCCCCCCCCCCCCCCCCCC. The van der Waals surface area contributed by atoms with E-state index in [1.54, 1.807) is 0 Å². The van der Waals surface area contributed by atoms with Crippen LogP contribution in [0.3, 0.4) is 0 Å². The molecule has 0 aliphatic carbocycles. The maximum absolute atomic E-state index is 12.9. The number of hydrogen-bond acceptors (Lipinski definition) is 6. The van der Waals surface area contributed by atoms with E-state index in [-0.39, 0.29) is 31.1 Å². The van der Waals surface area contributed by atoms with Crippen molar-refractivity contribution in [3.63, 3.8) is 0 Å². The summed E-state index contributed by atoms with van der Waals surface area (Å²) in [5, 5.41) is 0. The van der Waals surface area contributed by atoms with Gasteiger partial charge in [0.25, 0.3) is 0 Å². The van der Waals surface area contributed by atoms with Crippen molar-refractivity contribution in [1.29, 1.82) is 0 Å². The third-order valence-corrected chi connectivity index (χ3v) is 16.7. The van der Waals surface area contributed by atoms with Gasteiger partial charge in [-0.1, -0.05) is 366 Å². The fourth-order valence-electron chi connectivity index (χ4n) is 11.2. The smallest absolute Gasteiger partial charge is 0.306 e. The van der Waals surface area contributed by atoms with Crippen LogP contribution >= 0.6 is 0 Å². The molecule has 0 spiro atoms. The number of allylic oxidation sites excluding steroid dienone is 4. The summed E-state index contributed by atoms with van der Waals surface area (Å²) in [6.45, 7) is 6.67. The van der Waals surface area contributed by atoms with Crippen LogP contribution in [-0.4, -0.2) is 37.2 Å². The van der Waals surface area contributed by atoms with Gasteiger partial charge in [0, 0.05) is 19.3 Å². The third kappa shape index (κ3) is 66.7. The highest BCUT2D eigenvalue weighted by Crippen LogP contribution is 2.19. The predicted octanol–water partition coefficient (Wildman–Crippen LogP) is 25.0. The lowest BCUT2D eigenvalue weighted by Gasteiger charge is -2.18. The van der Waals surface area contributed by atoms with E-state index in [4.69, 9.17) is 14.2 Å². The van der Waals surface area contributed by atoms with Gasteiger partial charge in [0.1, 0.15) is 13.2 Å². The van der Waals surface area contributed by atoms with Gasteiger partial charge in [-0.2, -0.15) is 0 Å². The largest absolute Gasteiger partial charge is 0.462 e. The molecule has 0 N–H and O–H groups in total. The second-order valence-electron chi connectivity index (χ2n) is 24.9. The van der Waals surface area contributed by atoms with Gasteiger partial charge in [0.2, 0.25) is 0 Å². The zero-order valence-corrected chi connectivity index (χ0v) is 54.4. The van der Waals surface area contributed by atoms with Crippen molar-refractivity contribution in [2.24, 2.45) is 0 Å². The number of unbranched alkanes of at least 4 members (excludes halogenated alkanes) is 53. The number of carbonyl (C=O) groups is 3. The van der Waals surface area contributed by atoms with Crippen molar-refractivity contribution in [3.8, 4) is 0 Å². The Morgan fingerprint density at radius 2 is 0.450 bits per heavy atom. The molecule has 6 nitrogen and oxygen atoms in total. The summed E-state index contributed by atoms with van der Waals surface area (Å²) in [6, 6.07) is 0. The van der Waals surface area contributed by atoms with E-state index in [2.05, 4.69) is 45.1 Å².